The highest BCUT2D eigenvalue weighted by Gasteiger charge is 2.07. The third kappa shape index (κ3) is 6.52. The summed E-state index contributed by atoms with van der Waals surface area (Å²) in [6.07, 6.45) is 0. The number of nitro groups is 1. The van der Waals surface area contributed by atoms with Crippen molar-refractivity contribution in [1.82, 2.24) is 10.6 Å². The number of benzene rings is 2. The maximum absolute atomic E-state index is 10.7. The Bertz CT molecular complexity index is 717. The van der Waals surface area contributed by atoms with Crippen molar-refractivity contribution in [2.24, 2.45) is 4.99 Å². The van der Waals surface area contributed by atoms with E-state index in [0.29, 0.717) is 25.7 Å². The second-order valence-corrected chi connectivity index (χ2v) is 5.93. The molecule has 0 heterocycles. The van der Waals surface area contributed by atoms with Crippen LogP contribution in [0.3, 0.4) is 0 Å². The van der Waals surface area contributed by atoms with Crippen LogP contribution in [0.4, 0.5) is 5.69 Å². The van der Waals surface area contributed by atoms with E-state index in [2.05, 4.69) is 15.6 Å². The predicted octanol–water partition coefficient (Wildman–Crippen LogP) is 2.87. The average Bonchev–Trinajstić information content (AvgIpc) is 2.65. The van der Waals surface area contributed by atoms with E-state index in [0.717, 1.165) is 11.1 Å². The van der Waals surface area contributed by atoms with E-state index in [-0.39, 0.29) is 11.7 Å². The Morgan fingerprint density at radius 1 is 1.15 bits per heavy atom. The number of non-ortho nitro benzene ring substituents is 1. The van der Waals surface area contributed by atoms with Gasteiger partial charge in [-0.05, 0) is 18.1 Å². The molecule has 2 N–H and O–H groups in total. The second-order valence-electron chi connectivity index (χ2n) is 5.93. The molecule has 0 amide bonds. The van der Waals surface area contributed by atoms with E-state index < -0.39 is 4.92 Å². The van der Waals surface area contributed by atoms with E-state index in [1.807, 2.05) is 37.3 Å². The summed E-state index contributed by atoms with van der Waals surface area (Å²) >= 11 is 0. The molecule has 7 nitrogen and oxygen atoms in total. The second kappa shape index (κ2) is 10.1. The van der Waals surface area contributed by atoms with Crippen molar-refractivity contribution >= 4 is 11.6 Å². The lowest BCUT2D eigenvalue weighted by Gasteiger charge is -2.18. The van der Waals surface area contributed by atoms with E-state index in [4.69, 9.17) is 4.74 Å². The number of rotatable bonds is 8. The summed E-state index contributed by atoms with van der Waals surface area (Å²) in [6, 6.07) is 16.5. The fourth-order valence-electron chi connectivity index (χ4n) is 2.35. The largest absolute Gasteiger partial charge is 0.383 e. The summed E-state index contributed by atoms with van der Waals surface area (Å²) < 4.78 is 5.16. The average molecular weight is 356 g/mol. The Hall–Kier alpha value is -2.93. The highest BCUT2D eigenvalue weighted by atomic mass is 16.6. The minimum atomic E-state index is -0.405. The minimum absolute atomic E-state index is 0.0820. The zero-order chi connectivity index (χ0) is 18.8. The summed E-state index contributed by atoms with van der Waals surface area (Å²) in [4.78, 5) is 14.9. The molecule has 0 saturated heterocycles. The number of aliphatic imine (C=N–C) groups is 1. The highest BCUT2D eigenvalue weighted by molar-refractivity contribution is 5.80. The van der Waals surface area contributed by atoms with E-state index in [9.17, 15) is 10.1 Å². The molecular weight excluding hydrogens is 332 g/mol. The van der Waals surface area contributed by atoms with Crippen molar-refractivity contribution < 1.29 is 9.66 Å². The molecule has 0 aliphatic carbocycles. The van der Waals surface area contributed by atoms with E-state index in [1.165, 1.54) is 12.1 Å². The van der Waals surface area contributed by atoms with Crippen LogP contribution in [0, 0.1) is 10.1 Å². The zero-order valence-electron chi connectivity index (χ0n) is 15.0. The van der Waals surface area contributed by atoms with Gasteiger partial charge in [-0.25, -0.2) is 4.99 Å². The molecular formula is C19H24N4O3. The van der Waals surface area contributed by atoms with Gasteiger partial charge in [0.25, 0.3) is 5.69 Å². The molecule has 0 aliphatic heterocycles. The van der Waals surface area contributed by atoms with Gasteiger partial charge in [0.05, 0.1) is 18.1 Å². The van der Waals surface area contributed by atoms with Crippen LogP contribution < -0.4 is 10.6 Å². The van der Waals surface area contributed by atoms with Gasteiger partial charge in [-0.1, -0.05) is 42.5 Å². The molecule has 0 radical (unpaired) electrons. The molecule has 26 heavy (non-hydrogen) atoms. The van der Waals surface area contributed by atoms with Crippen LogP contribution in [-0.4, -0.2) is 30.6 Å². The van der Waals surface area contributed by atoms with Crippen molar-refractivity contribution in [2.45, 2.75) is 26.1 Å². The van der Waals surface area contributed by atoms with Gasteiger partial charge in [0.2, 0.25) is 0 Å². The lowest BCUT2D eigenvalue weighted by Crippen LogP contribution is -2.43. The maximum Gasteiger partial charge on any atom is 0.269 e. The number of nitrogens with zero attached hydrogens (tertiary/aromatic N) is 2. The Kier molecular flexibility index (Phi) is 7.57. The summed E-state index contributed by atoms with van der Waals surface area (Å²) in [7, 11) is 1.66. The number of hydrogen-bond donors (Lipinski definition) is 2. The first kappa shape index (κ1) is 19.4. The first-order valence-electron chi connectivity index (χ1n) is 8.39. The number of hydrogen-bond acceptors (Lipinski definition) is 4. The fourth-order valence-corrected chi connectivity index (χ4v) is 2.35. The van der Waals surface area contributed by atoms with Gasteiger partial charge >= 0.3 is 0 Å². The third-order valence-corrected chi connectivity index (χ3v) is 3.67. The van der Waals surface area contributed by atoms with Gasteiger partial charge in [0.15, 0.2) is 5.96 Å². The van der Waals surface area contributed by atoms with Crippen molar-refractivity contribution in [3.8, 4) is 0 Å². The van der Waals surface area contributed by atoms with Crippen LogP contribution >= 0.6 is 0 Å². The van der Waals surface area contributed by atoms with Crippen molar-refractivity contribution in [2.75, 3.05) is 13.7 Å². The first-order chi connectivity index (χ1) is 12.6. The molecule has 0 saturated carbocycles. The number of nitrogens with one attached hydrogen (secondary N) is 2. The smallest absolute Gasteiger partial charge is 0.269 e. The quantitative estimate of drug-likeness (QED) is 0.329. The van der Waals surface area contributed by atoms with Crippen LogP contribution in [-0.2, 0) is 17.8 Å². The Morgan fingerprint density at radius 2 is 1.85 bits per heavy atom. The lowest BCUT2D eigenvalue weighted by atomic mass is 10.2. The lowest BCUT2D eigenvalue weighted by molar-refractivity contribution is -0.384. The SMILES string of the molecule is COCC(C)NC(=NCc1ccccc1)NCc1ccc([N+](=O)[O-])cc1. The third-order valence-electron chi connectivity index (χ3n) is 3.67. The number of ether oxygens (including phenoxy) is 1. The fraction of sp³-hybridized carbons (Fsp3) is 0.316. The summed E-state index contributed by atoms with van der Waals surface area (Å²) in [6.45, 7) is 3.63. The maximum atomic E-state index is 10.7. The molecule has 2 aromatic carbocycles. The van der Waals surface area contributed by atoms with Gasteiger partial charge in [-0.15, -0.1) is 0 Å². The molecule has 1 atom stereocenters. The highest BCUT2D eigenvalue weighted by Crippen LogP contribution is 2.11. The summed E-state index contributed by atoms with van der Waals surface area (Å²) in [5, 5.41) is 17.3. The van der Waals surface area contributed by atoms with Crippen molar-refractivity contribution in [3.63, 3.8) is 0 Å². The molecule has 0 spiro atoms. The molecule has 0 fully saturated rings. The number of methoxy groups -OCH3 is 1. The van der Waals surface area contributed by atoms with Gasteiger partial charge in [0, 0.05) is 31.8 Å². The number of guanidine groups is 1. The van der Waals surface area contributed by atoms with E-state index >= 15 is 0 Å². The zero-order valence-corrected chi connectivity index (χ0v) is 15.0. The van der Waals surface area contributed by atoms with Gasteiger partial charge < -0.3 is 15.4 Å². The molecule has 1 unspecified atom stereocenters. The first-order valence-corrected chi connectivity index (χ1v) is 8.39. The van der Waals surface area contributed by atoms with Gasteiger partial charge in [-0.3, -0.25) is 10.1 Å². The predicted molar refractivity (Wildman–Crippen MR) is 102 cm³/mol. The molecule has 7 heteroatoms. The van der Waals surface area contributed by atoms with Crippen LogP contribution in [0.1, 0.15) is 18.1 Å². The summed E-state index contributed by atoms with van der Waals surface area (Å²) in [5.41, 5.74) is 2.13. The van der Waals surface area contributed by atoms with Crippen molar-refractivity contribution in [3.05, 3.63) is 75.8 Å². The molecule has 0 aromatic heterocycles. The molecule has 0 aliphatic rings. The Labute approximate surface area is 153 Å². The summed E-state index contributed by atoms with van der Waals surface area (Å²) in [5.74, 6) is 0.664. The van der Waals surface area contributed by atoms with Crippen molar-refractivity contribution in [1.29, 1.82) is 0 Å². The molecule has 2 rings (SSSR count). The van der Waals surface area contributed by atoms with Crippen LogP contribution in [0.2, 0.25) is 0 Å². The Morgan fingerprint density at radius 3 is 2.46 bits per heavy atom. The Balaban J connectivity index is 2.01. The monoisotopic (exact) mass is 356 g/mol. The van der Waals surface area contributed by atoms with Gasteiger partial charge in [0.1, 0.15) is 0 Å². The normalized spacial score (nSPS) is 12.5. The van der Waals surface area contributed by atoms with Gasteiger partial charge in [-0.2, -0.15) is 0 Å². The minimum Gasteiger partial charge on any atom is -0.383 e. The number of nitro benzene ring substituents is 1. The van der Waals surface area contributed by atoms with E-state index in [1.54, 1.807) is 19.2 Å². The molecule has 2 aromatic rings. The van der Waals surface area contributed by atoms with Crippen LogP contribution in [0.25, 0.3) is 0 Å². The topological polar surface area (TPSA) is 88.8 Å². The standard InChI is InChI=1S/C19H24N4O3/c1-15(14-26-2)22-19(20-12-16-6-4-3-5-7-16)21-13-17-8-10-18(11-9-17)23(24)25/h3-11,15H,12-14H2,1-2H3,(H2,20,21,22). The van der Waals surface area contributed by atoms with Crippen LogP contribution in [0.5, 0.6) is 0 Å². The molecule has 138 valence electrons. The molecule has 0 bridgehead atoms. The van der Waals surface area contributed by atoms with Crippen LogP contribution in [0.15, 0.2) is 59.6 Å².